The monoisotopic (exact) mass is 384 g/mol. The van der Waals surface area contributed by atoms with E-state index in [9.17, 15) is 9.59 Å². The number of carbonyl (C=O) groups excluding carboxylic acids is 1. The highest BCUT2D eigenvalue weighted by atomic mass is 17.3. The molecule has 4 aliphatic heterocycles. The van der Waals surface area contributed by atoms with Crippen molar-refractivity contribution in [3.05, 3.63) is 0 Å². The number of ether oxygens (including phenoxy) is 3. The highest BCUT2D eigenvalue weighted by Crippen LogP contribution is 2.60. The quantitative estimate of drug-likeness (QED) is 0.583. The molecule has 4 saturated heterocycles. The van der Waals surface area contributed by atoms with Gasteiger partial charge in [-0.15, -0.1) is 0 Å². The molecule has 8 nitrogen and oxygen atoms in total. The molecule has 5 aliphatic rings. The van der Waals surface area contributed by atoms with E-state index >= 15 is 0 Å². The van der Waals surface area contributed by atoms with E-state index in [0.717, 1.165) is 19.3 Å². The molecular formula is C19H28O8. The molecule has 0 aromatic rings. The topological polar surface area (TPSA) is 101 Å². The number of carboxylic acids is 1. The Morgan fingerprint density at radius 3 is 2.63 bits per heavy atom. The standard InChI is InChI=1S/C19H28O8/c1-10-4-5-13-11(2)16(23-15(22)7-6-14(20)21)24-17-19(13)12(10)8-9-18(3,25-17)26-27-19/h10-13,16-17H,4-9H2,1-3H3,(H,20,21)/t10-,11-,12?,13?,16+,17?,18+,19-/m1/s1. The highest BCUT2D eigenvalue weighted by Gasteiger charge is 2.69. The van der Waals surface area contributed by atoms with Gasteiger partial charge in [0.1, 0.15) is 0 Å². The first kappa shape index (κ1) is 19.1. The molecule has 1 saturated carbocycles. The second kappa shape index (κ2) is 6.69. The Bertz CT molecular complexity index is 623. The predicted octanol–water partition coefficient (Wildman–Crippen LogP) is 2.60. The van der Waals surface area contributed by atoms with E-state index in [4.69, 9.17) is 29.1 Å². The van der Waals surface area contributed by atoms with Gasteiger partial charge in [-0.1, -0.05) is 13.8 Å². The first-order valence-electron chi connectivity index (χ1n) is 9.86. The van der Waals surface area contributed by atoms with Gasteiger partial charge in [0.15, 0.2) is 11.9 Å². The molecule has 0 aromatic carbocycles. The Morgan fingerprint density at radius 1 is 1.11 bits per heavy atom. The lowest BCUT2D eigenvalue weighted by atomic mass is 9.58. The third kappa shape index (κ3) is 3.06. The van der Waals surface area contributed by atoms with Crippen LogP contribution in [0.15, 0.2) is 0 Å². The molecule has 1 aliphatic carbocycles. The van der Waals surface area contributed by atoms with Crippen LogP contribution in [0, 0.1) is 23.7 Å². The molecule has 1 N–H and O–H groups in total. The van der Waals surface area contributed by atoms with Crippen LogP contribution in [-0.4, -0.2) is 41.0 Å². The van der Waals surface area contributed by atoms with E-state index in [-0.39, 0.29) is 30.6 Å². The van der Waals surface area contributed by atoms with Crippen molar-refractivity contribution < 1.29 is 38.7 Å². The van der Waals surface area contributed by atoms with Crippen molar-refractivity contribution in [1.29, 1.82) is 0 Å². The molecule has 27 heavy (non-hydrogen) atoms. The van der Waals surface area contributed by atoms with E-state index < -0.39 is 35.9 Å². The van der Waals surface area contributed by atoms with Crippen molar-refractivity contribution in [1.82, 2.24) is 0 Å². The molecule has 8 heteroatoms. The summed E-state index contributed by atoms with van der Waals surface area (Å²) < 4.78 is 17.8. The fraction of sp³-hybridized carbons (Fsp3) is 0.895. The summed E-state index contributed by atoms with van der Waals surface area (Å²) in [6.45, 7) is 6.06. The number of esters is 1. The highest BCUT2D eigenvalue weighted by molar-refractivity contribution is 5.76. The zero-order chi connectivity index (χ0) is 19.4. The van der Waals surface area contributed by atoms with E-state index in [0.29, 0.717) is 12.3 Å². The lowest BCUT2D eigenvalue weighted by molar-refractivity contribution is -0.576. The molecule has 4 heterocycles. The number of rotatable bonds is 4. The Labute approximate surface area is 158 Å². The molecule has 2 bridgehead atoms. The van der Waals surface area contributed by atoms with Gasteiger partial charge in [-0.25, -0.2) is 9.78 Å². The van der Waals surface area contributed by atoms with E-state index in [1.54, 1.807) is 0 Å². The van der Waals surface area contributed by atoms with Gasteiger partial charge in [0, 0.05) is 18.3 Å². The third-order valence-electron chi connectivity index (χ3n) is 6.89. The summed E-state index contributed by atoms with van der Waals surface area (Å²) in [5.74, 6) is -1.82. The second-order valence-corrected chi connectivity index (χ2v) is 8.66. The minimum Gasteiger partial charge on any atom is -0.481 e. The van der Waals surface area contributed by atoms with Crippen LogP contribution in [0.4, 0.5) is 0 Å². The van der Waals surface area contributed by atoms with E-state index in [2.05, 4.69) is 6.92 Å². The van der Waals surface area contributed by atoms with Crippen LogP contribution in [0.25, 0.3) is 0 Å². The summed E-state index contributed by atoms with van der Waals surface area (Å²) >= 11 is 0. The van der Waals surface area contributed by atoms with E-state index in [1.807, 2.05) is 13.8 Å². The van der Waals surface area contributed by atoms with Crippen LogP contribution in [0.2, 0.25) is 0 Å². The van der Waals surface area contributed by atoms with Gasteiger partial charge in [0.25, 0.3) is 0 Å². The van der Waals surface area contributed by atoms with Crippen LogP contribution >= 0.6 is 0 Å². The first-order chi connectivity index (χ1) is 12.7. The number of carboxylic acid groups (broad SMARTS) is 1. The van der Waals surface area contributed by atoms with Gasteiger partial charge in [0.2, 0.25) is 12.1 Å². The van der Waals surface area contributed by atoms with Crippen molar-refractivity contribution in [2.75, 3.05) is 0 Å². The Balaban J connectivity index is 1.58. The lowest BCUT2D eigenvalue weighted by Crippen LogP contribution is -2.70. The molecule has 0 amide bonds. The Morgan fingerprint density at radius 2 is 1.89 bits per heavy atom. The van der Waals surface area contributed by atoms with Gasteiger partial charge in [-0.3, -0.25) is 9.59 Å². The number of fused-ring (bicyclic) bond motifs is 2. The maximum atomic E-state index is 12.1. The molecule has 3 unspecified atom stereocenters. The fourth-order valence-electron chi connectivity index (χ4n) is 5.40. The normalized spacial score (nSPS) is 48.4. The largest absolute Gasteiger partial charge is 0.481 e. The summed E-state index contributed by atoms with van der Waals surface area (Å²) in [4.78, 5) is 34.5. The van der Waals surface area contributed by atoms with Crippen molar-refractivity contribution >= 4 is 11.9 Å². The van der Waals surface area contributed by atoms with Gasteiger partial charge >= 0.3 is 11.9 Å². The van der Waals surface area contributed by atoms with Gasteiger partial charge in [0.05, 0.1) is 12.8 Å². The first-order valence-corrected chi connectivity index (χ1v) is 9.86. The number of hydrogen-bond acceptors (Lipinski definition) is 7. The fourth-order valence-corrected chi connectivity index (χ4v) is 5.40. The second-order valence-electron chi connectivity index (χ2n) is 8.66. The smallest absolute Gasteiger partial charge is 0.308 e. The third-order valence-corrected chi connectivity index (χ3v) is 6.89. The number of carbonyl (C=O) groups is 2. The maximum absolute atomic E-state index is 12.1. The minimum absolute atomic E-state index is 0.0670. The summed E-state index contributed by atoms with van der Waals surface area (Å²) in [6.07, 6.45) is 1.72. The van der Waals surface area contributed by atoms with Crippen molar-refractivity contribution in [2.24, 2.45) is 23.7 Å². The summed E-state index contributed by atoms with van der Waals surface area (Å²) in [7, 11) is 0. The molecule has 8 atom stereocenters. The Hall–Kier alpha value is -1.22. The lowest BCUT2D eigenvalue weighted by Gasteiger charge is -2.59. The summed E-state index contributed by atoms with van der Waals surface area (Å²) in [6, 6.07) is 0. The molecule has 152 valence electrons. The average molecular weight is 384 g/mol. The van der Waals surface area contributed by atoms with Crippen LogP contribution in [-0.2, 0) is 33.6 Å². The van der Waals surface area contributed by atoms with Gasteiger partial charge in [-0.05, 0) is 38.0 Å². The minimum atomic E-state index is -1.03. The zero-order valence-corrected chi connectivity index (χ0v) is 16.0. The van der Waals surface area contributed by atoms with Crippen molar-refractivity contribution in [3.63, 3.8) is 0 Å². The van der Waals surface area contributed by atoms with Gasteiger partial charge in [-0.2, -0.15) is 0 Å². The Kier molecular flexibility index (Phi) is 4.73. The number of hydrogen-bond donors (Lipinski definition) is 1. The predicted molar refractivity (Wildman–Crippen MR) is 89.8 cm³/mol. The molecule has 1 spiro atoms. The van der Waals surface area contributed by atoms with Crippen molar-refractivity contribution in [3.8, 4) is 0 Å². The van der Waals surface area contributed by atoms with Crippen LogP contribution < -0.4 is 0 Å². The molecular weight excluding hydrogens is 356 g/mol. The van der Waals surface area contributed by atoms with Crippen LogP contribution in [0.3, 0.4) is 0 Å². The average Bonchev–Trinajstić information content (AvgIpc) is 2.84. The number of aliphatic carboxylic acids is 1. The summed E-state index contributed by atoms with van der Waals surface area (Å²) in [5.41, 5.74) is -0.697. The zero-order valence-electron chi connectivity index (χ0n) is 16.0. The van der Waals surface area contributed by atoms with Gasteiger partial charge < -0.3 is 19.3 Å². The molecule has 0 aromatic heterocycles. The molecule has 5 rings (SSSR count). The molecule has 0 radical (unpaired) electrons. The van der Waals surface area contributed by atoms with Crippen LogP contribution in [0.5, 0.6) is 0 Å². The maximum Gasteiger partial charge on any atom is 0.308 e. The SMILES string of the molecule is C[C@@H]1CCC2[C@@H](C)[C@@H](OC(=O)CCC(=O)O)OC3O[C@]4(C)CCC1[C@]32OO4. The van der Waals surface area contributed by atoms with Crippen LogP contribution in [0.1, 0.15) is 59.3 Å². The van der Waals surface area contributed by atoms with E-state index in [1.165, 1.54) is 0 Å². The molecule has 5 fully saturated rings. The van der Waals surface area contributed by atoms with Crippen molar-refractivity contribution in [2.45, 2.75) is 83.3 Å². The summed E-state index contributed by atoms with van der Waals surface area (Å²) in [5, 5.41) is 8.76.